The standard InChI is InChI=1S/C12H15ClO/c1-3-10-4-5-11(6-9(2)14)12(7-10)8-13/h4-5,7H,3,6,8H2,1-2H3. The van der Waals surface area contributed by atoms with Gasteiger partial charge >= 0.3 is 0 Å². The molecule has 0 aliphatic heterocycles. The fourth-order valence-electron chi connectivity index (χ4n) is 1.46. The van der Waals surface area contributed by atoms with Crippen molar-refractivity contribution in [3.8, 4) is 0 Å². The summed E-state index contributed by atoms with van der Waals surface area (Å²) in [5, 5.41) is 0. The Morgan fingerprint density at radius 2 is 2.07 bits per heavy atom. The van der Waals surface area contributed by atoms with Gasteiger partial charge in [0.2, 0.25) is 0 Å². The first kappa shape index (κ1) is 11.3. The average Bonchev–Trinajstić information content (AvgIpc) is 2.17. The Balaban J connectivity index is 2.98. The molecular weight excluding hydrogens is 196 g/mol. The number of aryl methyl sites for hydroxylation is 1. The molecular formula is C12H15ClO. The van der Waals surface area contributed by atoms with Gasteiger partial charge in [0.05, 0.1) is 0 Å². The molecule has 0 bridgehead atoms. The van der Waals surface area contributed by atoms with Crippen LogP contribution in [0, 0.1) is 0 Å². The topological polar surface area (TPSA) is 17.1 Å². The maximum Gasteiger partial charge on any atom is 0.134 e. The quantitative estimate of drug-likeness (QED) is 0.698. The summed E-state index contributed by atoms with van der Waals surface area (Å²) in [4.78, 5) is 11.0. The Labute approximate surface area is 90.1 Å². The Morgan fingerprint density at radius 1 is 1.36 bits per heavy atom. The Bertz CT molecular complexity index is 331. The first-order chi connectivity index (χ1) is 6.67. The second-order valence-corrected chi connectivity index (χ2v) is 3.74. The van der Waals surface area contributed by atoms with Gasteiger partial charge in [-0.1, -0.05) is 25.1 Å². The molecule has 0 saturated heterocycles. The number of carbonyl (C=O) groups is 1. The van der Waals surface area contributed by atoms with E-state index in [4.69, 9.17) is 11.6 Å². The molecule has 0 aliphatic rings. The molecule has 0 saturated carbocycles. The molecule has 0 fully saturated rings. The lowest BCUT2D eigenvalue weighted by Crippen LogP contribution is -2.00. The van der Waals surface area contributed by atoms with Crippen LogP contribution in [0.5, 0.6) is 0 Å². The van der Waals surface area contributed by atoms with Gasteiger partial charge < -0.3 is 0 Å². The minimum Gasteiger partial charge on any atom is -0.300 e. The predicted octanol–water partition coefficient (Wildman–Crippen LogP) is 3.12. The van der Waals surface area contributed by atoms with Crippen LogP contribution in [0.25, 0.3) is 0 Å². The average molecular weight is 211 g/mol. The van der Waals surface area contributed by atoms with Gasteiger partial charge in [0.25, 0.3) is 0 Å². The number of ketones is 1. The van der Waals surface area contributed by atoms with Crippen molar-refractivity contribution in [1.82, 2.24) is 0 Å². The zero-order valence-electron chi connectivity index (χ0n) is 8.64. The third-order valence-corrected chi connectivity index (χ3v) is 2.55. The van der Waals surface area contributed by atoms with Gasteiger partial charge in [-0.15, -0.1) is 11.6 Å². The van der Waals surface area contributed by atoms with E-state index in [0.29, 0.717) is 12.3 Å². The van der Waals surface area contributed by atoms with Gasteiger partial charge in [0.15, 0.2) is 0 Å². The van der Waals surface area contributed by atoms with Gasteiger partial charge in [-0.3, -0.25) is 4.79 Å². The van der Waals surface area contributed by atoms with Gasteiger partial charge in [-0.05, 0) is 30.0 Å². The number of halogens is 1. The molecule has 14 heavy (non-hydrogen) atoms. The van der Waals surface area contributed by atoms with Crippen molar-refractivity contribution in [1.29, 1.82) is 0 Å². The highest BCUT2D eigenvalue weighted by Gasteiger charge is 2.04. The van der Waals surface area contributed by atoms with Crippen molar-refractivity contribution in [3.05, 3.63) is 34.9 Å². The molecule has 1 nitrogen and oxygen atoms in total. The van der Waals surface area contributed by atoms with Gasteiger partial charge in [-0.2, -0.15) is 0 Å². The summed E-state index contributed by atoms with van der Waals surface area (Å²) < 4.78 is 0. The lowest BCUT2D eigenvalue weighted by atomic mass is 10.00. The van der Waals surface area contributed by atoms with E-state index in [-0.39, 0.29) is 5.78 Å². The third-order valence-electron chi connectivity index (χ3n) is 2.26. The monoisotopic (exact) mass is 210 g/mol. The molecule has 0 spiro atoms. The van der Waals surface area contributed by atoms with E-state index < -0.39 is 0 Å². The Hall–Kier alpha value is -0.820. The lowest BCUT2D eigenvalue weighted by Gasteiger charge is -2.07. The molecule has 1 aromatic carbocycles. The summed E-state index contributed by atoms with van der Waals surface area (Å²) in [6.07, 6.45) is 1.50. The highest BCUT2D eigenvalue weighted by Crippen LogP contribution is 2.15. The molecule has 0 aliphatic carbocycles. The van der Waals surface area contributed by atoms with Crippen LogP contribution < -0.4 is 0 Å². The smallest absolute Gasteiger partial charge is 0.134 e. The first-order valence-corrected chi connectivity index (χ1v) is 5.37. The summed E-state index contributed by atoms with van der Waals surface area (Å²) in [5.41, 5.74) is 3.42. The van der Waals surface area contributed by atoms with Crippen molar-refractivity contribution in [2.75, 3.05) is 0 Å². The minimum absolute atomic E-state index is 0.181. The number of hydrogen-bond acceptors (Lipinski definition) is 1. The molecule has 0 N–H and O–H groups in total. The molecule has 1 aromatic rings. The molecule has 0 radical (unpaired) electrons. The molecule has 0 unspecified atom stereocenters. The molecule has 76 valence electrons. The number of alkyl halides is 1. The van der Waals surface area contributed by atoms with Gasteiger partial charge in [0, 0.05) is 12.3 Å². The van der Waals surface area contributed by atoms with Crippen LogP contribution in [0.3, 0.4) is 0 Å². The van der Waals surface area contributed by atoms with Crippen LogP contribution in [-0.2, 0) is 23.5 Å². The van der Waals surface area contributed by atoms with Crippen molar-refractivity contribution in [2.45, 2.75) is 32.6 Å². The fraction of sp³-hybridized carbons (Fsp3) is 0.417. The van der Waals surface area contributed by atoms with E-state index in [1.165, 1.54) is 5.56 Å². The van der Waals surface area contributed by atoms with Gasteiger partial charge in [0.1, 0.15) is 5.78 Å². The Kier molecular flexibility index (Phi) is 4.15. The van der Waals surface area contributed by atoms with Crippen LogP contribution in [0.4, 0.5) is 0 Å². The lowest BCUT2D eigenvalue weighted by molar-refractivity contribution is -0.116. The molecule has 0 amide bonds. The summed E-state index contributed by atoms with van der Waals surface area (Å²) in [6, 6.07) is 6.16. The maximum atomic E-state index is 11.0. The fourth-order valence-corrected chi connectivity index (χ4v) is 1.71. The van der Waals surface area contributed by atoms with E-state index in [1.54, 1.807) is 6.92 Å². The maximum absolute atomic E-state index is 11.0. The molecule has 0 heterocycles. The van der Waals surface area contributed by atoms with Crippen LogP contribution in [0.15, 0.2) is 18.2 Å². The number of carbonyl (C=O) groups excluding carboxylic acids is 1. The van der Waals surface area contributed by atoms with Crippen LogP contribution in [-0.4, -0.2) is 5.78 Å². The Morgan fingerprint density at radius 3 is 2.57 bits per heavy atom. The zero-order valence-corrected chi connectivity index (χ0v) is 9.40. The number of Topliss-reactive ketones (excluding diaryl/α,β-unsaturated/α-hetero) is 1. The molecule has 1 rings (SSSR count). The van der Waals surface area contributed by atoms with Crippen LogP contribution in [0.1, 0.15) is 30.5 Å². The second kappa shape index (κ2) is 5.16. The SMILES string of the molecule is CCc1ccc(CC(C)=O)c(CCl)c1. The highest BCUT2D eigenvalue weighted by molar-refractivity contribution is 6.17. The summed E-state index contributed by atoms with van der Waals surface area (Å²) in [7, 11) is 0. The van der Waals surface area contributed by atoms with Crippen LogP contribution in [0.2, 0.25) is 0 Å². The van der Waals surface area contributed by atoms with E-state index in [1.807, 2.05) is 6.07 Å². The second-order valence-electron chi connectivity index (χ2n) is 3.47. The van der Waals surface area contributed by atoms with Crippen molar-refractivity contribution >= 4 is 17.4 Å². The van der Waals surface area contributed by atoms with Crippen molar-refractivity contribution < 1.29 is 4.79 Å². The molecule has 0 atom stereocenters. The number of hydrogen-bond donors (Lipinski definition) is 0. The predicted molar refractivity (Wildman–Crippen MR) is 59.8 cm³/mol. The summed E-state index contributed by atoms with van der Waals surface area (Å²) in [6.45, 7) is 3.71. The number of rotatable bonds is 4. The largest absolute Gasteiger partial charge is 0.300 e. The zero-order chi connectivity index (χ0) is 10.6. The summed E-state index contributed by atoms with van der Waals surface area (Å²) >= 11 is 5.83. The van der Waals surface area contributed by atoms with Gasteiger partial charge in [-0.25, -0.2) is 0 Å². The highest BCUT2D eigenvalue weighted by atomic mass is 35.5. The first-order valence-electron chi connectivity index (χ1n) is 4.83. The summed E-state index contributed by atoms with van der Waals surface area (Å²) in [5.74, 6) is 0.664. The van der Waals surface area contributed by atoms with E-state index in [9.17, 15) is 4.79 Å². The number of benzene rings is 1. The molecule has 2 heteroatoms. The van der Waals surface area contributed by atoms with E-state index in [2.05, 4.69) is 19.1 Å². The van der Waals surface area contributed by atoms with Crippen molar-refractivity contribution in [2.24, 2.45) is 0 Å². The van der Waals surface area contributed by atoms with E-state index >= 15 is 0 Å². The minimum atomic E-state index is 0.181. The van der Waals surface area contributed by atoms with Crippen LogP contribution >= 0.6 is 11.6 Å². The van der Waals surface area contributed by atoms with E-state index in [0.717, 1.165) is 17.5 Å². The normalized spacial score (nSPS) is 10.2. The third kappa shape index (κ3) is 2.85. The van der Waals surface area contributed by atoms with Crippen molar-refractivity contribution in [3.63, 3.8) is 0 Å². The molecule has 0 aromatic heterocycles.